The summed E-state index contributed by atoms with van der Waals surface area (Å²) in [5.41, 5.74) is 1.10. The van der Waals surface area contributed by atoms with Gasteiger partial charge in [-0.05, 0) is 19.3 Å². The van der Waals surface area contributed by atoms with Crippen LogP contribution in [0.5, 0.6) is 0 Å². The molecule has 0 N–H and O–H groups in total. The van der Waals surface area contributed by atoms with E-state index >= 15 is 0 Å². The fraction of sp³-hybridized carbons (Fsp3) is 0.667. The Hall–Kier alpha value is -0.790. The highest BCUT2D eigenvalue weighted by Crippen LogP contribution is 2.20. The van der Waals surface area contributed by atoms with Crippen LogP contribution < -0.4 is 0 Å². The van der Waals surface area contributed by atoms with Gasteiger partial charge in [-0.1, -0.05) is 18.2 Å². The molecule has 0 aromatic rings. The molecule has 0 saturated heterocycles. The Balaban J connectivity index is 2.34. The smallest absolute Gasteiger partial charge is 0.135 e. The zero-order chi connectivity index (χ0) is 8.27. The van der Waals surface area contributed by atoms with E-state index < -0.39 is 0 Å². The van der Waals surface area contributed by atoms with Crippen molar-refractivity contribution < 1.29 is 4.84 Å². The lowest BCUT2D eigenvalue weighted by atomic mass is 9.97. The van der Waals surface area contributed by atoms with Gasteiger partial charge in [0.15, 0.2) is 0 Å². The van der Waals surface area contributed by atoms with Gasteiger partial charge in [-0.3, -0.25) is 0 Å². The van der Waals surface area contributed by atoms with Gasteiger partial charge in [0.25, 0.3) is 0 Å². The monoisotopic (exact) mass is 153 g/mol. The summed E-state index contributed by atoms with van der Waals surface area (Å²) in [6.07, 6.45) is 4.21. The molecule has 11 heavy (non-hydrogen) atoms. The largest absolute Gasteiger partial charge is 0.392 e. The molecule has 2 heteroatoms. The molecule has 0 aromatic carbocycles. The van der Waals surface area contributed by atoms with Crippen molar-refractivity contribution in [2.75, 3.05) is 0 Å². The van der Waals surface area contributed by atoms with E-state index in [0.29, 0.717) is 5.92 Å². The van der Waals surface area contributed by atoms with Gasteiger partial charge in [0.05, 0.1) is 5.71 Å². The maximum absolute atomic E-state index is 5.22. The highest BCUT2D eigenvalue weighted by molar-refractivity contribution is 5.82. The molecule has 1 heterocycles. The number of allylic oxidation sites excluding steroid dienone is 1. The van der Waals surface area contributed by atoms with Gasteiger partial charge in [-0.15, -0.1) is 6.58 Å². The summed E-state index contributed by atoms with van der Waals surface area (Å²) in [6.45, 7) is 7.87. The molecule has 1 aliphatic heterocycles. The van der Waals surface area contributed by atoms with E-state index in [9.17, 15) is 0 Å². The van der Waals surface area contributed by atoms with Crippen LogP contribution in [0.4, 0.5) is 0 Å². The highest BCUT2D eigenvalue weighted by atomic mass is 16.6. The Morgan fingerprint density at radius 3 is 3.09 bits per heavy atom. The minimum absolute atomic E-state index is 0.285. The van der Waals surface area contributed by atoms with E-state index in [1.165, 1.54) is 0 Å². The second-order valence-corrected chi connectivity index (χ2v) is 3.18. The molecule has 0 bridgehead atoms. The van der Waals surface area contributed by atoms with E-state index in [-0.39, 0.29) is 6.10 Å². The van der Waals surface area contributed by atoms with Gasteiger partial charge >= 0.3 is 0 Å². The standard InChI is InChI=1S/C9H15NO/c1-4-5-7(2)9-6-8(3)10-11-9/h4,7,9H,1,5-6H2,2-3H3/t7-,9?/m1/s1. The number of hydrogen-bond donors (Lipinski definition) is 0. The van der Waals surface area contributed by atoms with Crippen LogP contribution >= 0.6 is 0 Å². The summed E-state index contributed by atoms with van der Waals surface area (Å²) in [5.74, 6) is 0.536. The summed E-state index contributed by atoms with van der Waals surface area (Å²) in [7, 11) is 0. The lowest BCUT2D eigenvalue weighted by Crippen LogP contribution is -2.16. The van der Waals surface area contributed by atoms with Gasteiger partial charge in [-0.25, -0.2) is 0 Å². The molecular weight excluding hydrogens is 138 g/mol. The number of rotatable bonds is 3. The molecule has 0 aromatic heterocycles. The van der Waals surface area contributed by atoms with Crippen LogP contribution in [-0.4, -0.2) is 11.8 Å². The van der Waals surface area contributed by atoms with Crippen LogP contribution in [0.2, 0.25) is 0 Å². The summed E-state index contributed by atoms with van der Waals surface area (Å²) in [4.78, 5) is 5.22. The number of oxime groups is 1. The van der Waals surface area contributed by atoms with E-state index in [1.807, 2.05) is 13.0 Å². The van der Waals surface area contributed by atoms with Crippen molar-refractivity contribution in [3.63, 3.8) is 0 Å². The predicted octanol–water partition coefficient (Wildman–Crippen LogP) is 2.36. The van der Waals surface area contributed by atoms with Gasteiger partial charge < -0.3 is 4.84 Å². The summed E-state index contributed by atoms with van der Waals surface area (Å²) in [6, 6.07) is 0. The lowest BCUT2D eigenvalue weighted by Gasteiger charge is -2.14. The van der Waals surface area contributed by atoms with Crippen LogP contribution in [0.1, 0.15) is 26.7 Å². The van der Waals surface area contributed by atoms with E-state index in [1.54, 1.807) is 0 Å². The molecule has 0 saturated carbocycles. The van der Waals surface area contributed by atoms with Crippen molar-refractivity contribution in [2.45, 2.75) is 32.8 Å². The Morgan fingerprint density at radius 1 is 1.91 bits per heavy atom. The molecule has 0 fully saturated rings. The first-order valence-corrected chi connectivity index (χ1v) is 4.04. The highest BCUT2D eigenvalue weighted by Gasteiger charge is 2.23. The molecule has 1 unspecified atom stereocenters. The Morgan fingerprint density at radius 2 is 2.64 bits per heavy atom. The third kappa shape index (κ3) is 2.07. The minimum atomic E-state index is 0.285. The zero-order valence-electron chi connectivity index (χ0n) is 7.21. The second kappa shape index (κ2) is 3.56. The van der Waals surface area contributed by atoms with Gasteiger partial charge in [-0.2, -0.15) is 0 Å². The maximum atomic E-state index is 5.22. The minimum Gasteiger partial charge on any atom is -0.392 e. The Kier molecular flexibility index (Phi) is 2.69. The lowest BCUT2D eigenvalue weighted by molar-refractivity contribution is 0.0472. The van der Waals surface area contributed by atoms with Gasteiger partial charge in [0, 0.05) is 6.42 Å². The second-order valence-electron chi connectivity index (χ2n) is 3.18. The van der Waals surface area contributed by atoms with Crippen molar-refractivity contribution in [3.05, 3.63) is 12.7 Å². The fourth-order valence-corrected chi connectivity index (χ4v) is 1.24. The summed E-state index contributed by atoms with van der Waals surface area (Å²) >= 11 is 0. The summed E-state index contributed by atoms with van der Waals surface area (Å²) in [5, 5.41) is 3.90. The van der Waals surface area contributed by atoms with Gasteiger partial charge in [0.1, 0.15) is 6.10 Å². The van der Waals surface area contributed by atoms with Crippen molar-refractivity contribution in [3.8, 4) is 0 Å². The Bertz CT molecular complexity index is 174. The quantitative estimate of drug-likeness (QED) is 0.570. The molecule has 1 rings (SSSR count). The topological polar surface area (TPSA) is 21.6 Å². The maximum Gasteiger partial charge on any atom is 0.135 e. The van der Waals surface area contributed by atoms with E-state index in [2.05, 4.69) is 18.7 Å². The number of hydrogen-bond acceptors (Lipinski definition) is 2. The predicted molar refractivity (Wildman–Crippen MR) is 46.6 cm³/mol. The summed E-state index contributed by atoms with van der Waals surface area (Å²) < 4.78 is 0. The first-order valence-electron chi connectivity index (χ1n) is 4.04. The molecule has 62 valence electrons. The van der Waals surface area contributed by atoms with Crippen molar-refractivity contribution in [1.29, 1.82) is 0 Å². The molecule has 0 amide bonds. The van der Waals surface area contributed by atoms with E-state index in [0.717, 1.165) is 18.6 Å². The Labute approximate surface area is 67.9 Å². The van der Waals surface area contributed by atoms with E-state index in [4.69, 9.17) is 4.84 Å². The normalized spacial score (nSPS) is 25.6. The SMILES string of the molecule is C=CC[C@@H](C)C1CC(C)=NO1. The van der Waals surface area contributed by atoms with Crippen molar-refractivity contribution in [2.24, 2.45) is 11.1 Å². The molecule has 0 spiro atoms. The van der Waals surface area contributed by atoms with Crippen LogP contribution in [-0.2, 0) is 4.84 Å². The number of nitrogens with zero attached hydrogens (tertiary/aromatic N) is 1. The third-order valence-corrected chi connectivity index (χ3v) is 2.01. The van der Waals surface area contributed by atoms with Gasteiger partial charge in [0.2, 0.25) is 0 Å². The van der Waals surface area contributed by atoms with Crippen LogP contribution in [0, 0.1) is 5.92 Å². The van der Waals surface area contributed by atoms with Crippen LogP contribution in [0.15, 0.2) is 17.8 Å². The zero-order valence-corrected chi connectivity index (χ0v) is 7.21. The molecule has 0 aliphatic carbocycles. The fourth-order valence-electron chi connectivity index (χ4n) is 1.24. The van der Waals surface area contributed by atoms with Crippen LogP contribution in [0.3, 0.4) is 0 Å². The molecule has 2 nitrogen and oxygen atoms in total. The molecule has 2 atom stereocenters. The van der Waals surface area contributed by atoms with Crippen molar-refractivity contribution in [1.82, 2.24) is 0 Å². The average Bonchev–Trinajstić information content (AvgIpc) is 2.36. The third-order valence-electron chi connectivity index (χ3n) is 2.01. The molecular formula is C9H15NO. The first-order chi connectivity index (χ1) is 5.24. The molecule has 0 radical (unpaired) electrons. The molecule has 1 aliphatic rings. The average molecular weight is 153 g/mol. The van der Waals surface area contributed by atoms with Crippen molar-refractivity contribution >= 4 is 5.71 Å². The first kappa shape index (κ1) is 8.31. The van der Waals surface area contributed by atoms with Crippen LogP contribution in [0.25, 0.3) is 0 Å².